The summed E-state index contributed by atoms with van der Waals surface area (Å²) in [5.74, 6) is 2.35. The molecule has 90 valence electrons. The normalized spacial score (nSPS) is 11.6. The first-order valence-electron chi connectivity index (χ1n) is 5.30. The number of amides is 1. The molecule has 1 N–H and O–H groups in total. The highest BCUT2D eigenvalue weighted by Gasteiger charge is 2.11. The van der Waals surface area contributed by atoms with Gasteiger partial charge < -0.3 is 5.32 Å². The Hall–Kier alpha value is -0.980. The minimum Gasteiger partial charge on any atom is -0.338 e. The van der Waals surface area contributed by atoms with Crippen LogP contribution in [-0.2, 0) is 0 Å². The van der Waals surface area contributed by atoms with Gasteiger partial charge in [-0.25, -0.2) is 0 Å². The Morgan fingerprint density at radius 3 is 2.82 bits per heavy atom. The van der Waals surface area contributed by atoms with Crippen LogP contribution in [0.4, 0.5) is 0 Å². The molecule has 0 saturated heterocycles. The maximum absolute atomic E-state index is 11.9. The molecule has 1 rings (SSSR count). The van der Waals surface area contributed by atoms with E-state index in [0.29, 0.717) is 10.6 Å². The molecule has 0 bridgehead atoms. The van der Waals surface area contributed by atoms with Crippen LogP contribution in [0.3, 0.4) is 0 Å². The fourth-order valence-corrected chi connectivity index (χ4v) is 2.27. The topological polar surface area (TPSA) is 29.1 Å². The van der Waals surface area contributed by atoms with Gasteiger partial charge in [-0.2, -0.15) is 0 Å². The summed E-state index contributed by atoms with van der Waals surface area (Å²) in [6, 6.07) is 4.82. The van der Waals surface area contributed by atoms with Crippen molar-refractivity contribution in [1.29, 1.82) is 0 Å². The van der Waals surface area contributed by atoms with Gasteiger partial charge in [0.15, 0.2) is 0 Å². The van der Waals surface area contributed by atoms with Crippen molar-refractivity contribution in [2.75, 3.05) is 0 Å². The first kappa shape index (κ1) is 14.1. The highest BCUT2D eigenvalue weighted by atomic mass is 79.9. The van der Waals surface area contributed by atoms with E-state index in [0.717, 1.165) is 17.3 Å². The van der Waals surface area contributed by atoms with Gasteiger partial charge in [0.2, 0.25) is 0 Å². The Morgan fingerprint density at radius 1 is 1.59 bits per heavy atom. The molecule has 1 amide bonds. The zero-order chi connectivity index (χ0) is 12.8. The standard InChI is InChI=1S/C13H13BrClNO/c1-3-5-12(4-2)16-13(17)9-6-10(14)8-11(15)7-9/h2,6-8,12H,3,5H2,1H3,(H,16,17). The van der Waals surface area contributed by atoms with E-state index >= 15 is 0 Å². The number of halogens is 2. The molecule has 0 fully saturated rings. The average molecular weight is 315 g/mol. The van der Waals surface area contributed by atoms with E-state index in [1.54, 1.807) is 18.2 Å². The first-order valence-corrected chi connectivity index (χ1v) is 6.47. The van der Waals surface area contributed by atoms with Crippen molar-refractivity contribution in [1.82, 2.24) is 5.32 Å². The van der Waals surface area contributed by atoms with Gasteiger partial charge in [0, 0.05) is 15.1 Å². The van der Waals surface area contributed by atoms with Crippen molar-refractivity contribution >= 4 is 33.4 Å². The molecule has 0 saturated carbocycles. The number of carbonyl (C=O) groups is 1. The van der Waals surface area contributed by atoms with Crippen LogP contribution in [-0.4, -0.2) is 11.9 Å². The number of terminal acetylenes is 1. The SMILES string of the molecule is C#CC(CCC)NC(=O)c1cc(Cl)cc(Br)c1. The predicted octanol–water partition coefficient (Wildman–Crippen LogP) is 3.63. The van der Waals surface area contributed by atoms with Crippen LogP contribution in [0.5, 0.6) is 0 Å². The predicted molar refractivity (Wildman–Crippen MR) is 74.1 cm³/mol. The lowest BCUT2D eigenvalue weighted by molar-refractivity contribution is 0.0944. The largest absolute Gasteiger partial charge is 0.338 e. The van der Waals surface area contributed by atoms with Crippen molar-refractivity contribution in [3.05, 3.63) is 33.3 Å². The molecule has 1 aromatic rings. The molecule has 0 aliphatic heterocycles. The molecule has 17 heavy (non-hydrogen) atoms. The lowest BCUT2D eigenvalue weighted by Gasteiger charge is -2.12. The van der Waals surface area contributed by atoms with Gasteiger partial charge in [0.25, 0.3) is 5.91 Å². The van der Waals surface area contributed by atoms with Gasteiger partial charge in [-0.1, -0.05) is 46.8 Å². The molecule has 0 aliphatic rings. The van der Waals surface area contributed by atoms with Gasteiger partial charge in [0.1, 0.15) is 0 Å². The van der Waals surface area contributed by atoms with Gasteiger partial charge in [-0.05, 0) is 24.6 Å². The van der Waals surface area contributed by atoms with E-state index < -0.39 is 0 Å². The zero-order valence-electron chi connectivity index (χ0n) is 9.47. The first-order chi connectivity index (χ1) is 8.06. The van der Waals surface area contributed by atoms with Gasteiger partial charge in [-0.3, -0.25) is 4.79 Å². The summed E-state index contributed by atoms with van der Waals surface area (Å²) in [6.45, 7) is 2.02. The Bertz CT molecular complexity index is 433. The van der Waals surface area contributed by atoms with Crippen LogP contribution in [0.1, 0.15) is 30.1 Å². The van der Waals surface area contributed by atoms with Crippen molar-refractivity contribution in [3.63, 3.8) is 0 Å². The van der Waals surface area contributed by atoms with Gasteiger partial charge in [-0.15, -0.1) is 6.42 Å². The highest BCUT2D eigenvalue weighted by Crippen LogP contribution is 2.19. The Balaban J connectivity index is 2.79. The van der Waals surface area contributed by atoms with E-state index in [1.807, 2.05) is 6.92 Å². The highest BCUT2D eigenvalue weighted by molar-refractivity contribution is 9.10. The maximum atomic E-state index is 11.9. The monoisotopic (exact) mass is 313 g/mol. The number of hydrogen-bond acceptors (Lipinski definition) is 1. The molecule has 1 aromatic carbocycles. The third-order valence-corrected chi connectivity index (χ3v) is 2.88. The molecule has 1 atom stereocenters. The van der Waals surface area contributed by atoms with Crippen LogP contribution < -0.4 is 5.32 Å². The molecule has 0 spiro atoms. The molecule has 0 radical (unpaired) electrons. The minimum atomic E-state index is -0.231. The molecule has 0 aromatic heterocycles. The van der Waals surface area contributed by atoms with Crippen molar-refractivity contribution in [3.8, 4) is 12.3 Å². The van der Waals surface area contributed by atoms with Crippen molar-refractivity contribution < 1.29 is 4.79 Å². The van der Waals surface area contributed by atoms with Crippen LogP contribution >= 0.6 is 27.5 Å². The Kier molecular flexibility index (Phi) is 5.54. The third-order valence-electron chi connectivity index (χ3n) is 2.21. The number of benzene rings is 1. The number of hydrogen-bond donors (Lipinski definition) is 1. The van der Waals surface area contributed by atoms with E-state index in [1.165, 1.54) is 0 Å². The number of nitrogens with one attached hydrogen (secondary N) is 1. The van der Waals surface area contributed by atoms with E-state index in [4.69, 9.17) is 18.0 Å². The minimum absolute atomic E-state index is 0.204. The second-order valence-corrected chi connectivity index (χ2v) is 4.99. The van der Waals surface area contributed by atoms with E-state index in [-0.39, 0.29) is 11.9 Å². The summed E-state index contributed by atoms with van der Waals surface area (Å²) in [5.41, 5.74) is 0.501. The van der Waals surface area contributed by atoms with Crippen molar-refractivity contribution in [2.45, 2.75) is 25.8 Å². The van der Waals surface area contributed by atoms with Crippen LogP contribution in [0.2, 0.25) is 5.02 Å². The molecule has 0 heterocycles. The summed E-state index contributed by atoms with van der Waals surface area (Å²) in [6.07, 6.45) is 7.04. The number of rotatable bonds is 4. The quantitative estimate of drug-likeness (QED) is 0.845. The maximum Gasteiger partial charge on any atom is 0.252 e. The van der Waals surface area contributed by atoms with Crippen LogP contribution in [0.15, 0.2) is 22.7 Å². The van der Waals surface area contributed by atoms with Crippen molar-refractivity contribution in [2.24, 2.45) is 0 Å². The molecule has 4 heteroatoms. The summed E-state index contributed by atoms with van der Waals surface area (Å²) >= 11 is 9.17. The molecule has 0 aliphatic carbocycles. The average Bonchev–Trinajstić information content (AvgIpc) is 2.27. The zero-order valence-corrected chi connectivity index (χ0v) is 11.8. The van der Waals surface area contributed by atoms with Gasteiger partial charge in [0.05, 0.1) is 6.04 Å². The van der Waals surface area contributed by atoms with Crippen LogP contribution in [0.25, 0.3) is 0 Å². The fourth-order valence-electron chi connectivity index (χ4n) is 1.41. The molecule has 1 unspecified atom stereocenters. The third kappa shape index (κ3) is 4.41. The van der Waals surface area contributed by atoms with E-state index in [9.17, 15) is 4.79 Å². The Labute approximate surface area is 115 Å². The lowest BCUT2D eigenvalue weighted by atomic mass is 10.1. The summed E-state index contributed by atoms with van der Waals surface area (Å²) in [7, 11) is 0. The lowest BCUT2D eigenvalue weighted by Crippen LogP contribution is -2.33. The number of carbonyl (C=O) groups excluding carboxylic acids is 1. The summed E-state index contributed by atoms with van der Waals surface area (Å²) < 4.78 is 0.767. The molecule has 2 nitrogen and oxygen atoms in total. The van der Waals surface area contributed by atoms with E-state index in [2.05, 4.69) is 27.2 Å². The summed E-state index contributed by atoms with van der Waals surface area (Å²) in [4.78, 5) is 11.9. The molecular formula is C13H13BrClNO. The smallest absolute Gasteiger partial charge is 0.252 e. The summed E-state index contributed by atoms with van der Waals surface area (Å²) in [5, 5.41) is 3.30. The fraction of sp³-hybridized carbons (Fsp3) is 0.308. The molecular weight excluding hydrogens is 302 g/mol. The second kappa shape index (κ2) is 6.68. The Morgan fingerprint density at radius 2 is 2.29 bits per heavy atom. The van der Waals surface area contributed by atoms with Gasteiger partial charge >= 0.3 is 0 Å². The van der Waals surface area contributed by atoms with Crippen LogP contribution in [0, 0.1) is 12.3 Å². The second-order valence-electron chi connectivity index (χ2n) is 3.64.